The molecule has 1 aliphatic heterocycles. The van der Waals surface area contributed by atoms with Crippen molar-refractivity contribution in [3.8, 4) is 22.3 Å². The summed E-state index contributed by atoms with van der Waals surface area (Å²) < 4.78 is 5.13. The molecular formula is C28H25O3. The van der Waals surface area contributed by atoms with Crippen molar-refractivity contribution in [2.24, 2.45) is 0 Å². The Bertz CT molecular complexity index is 1170. The highest BCUT2D eigenvalue weighted by Gasteiger charge is 2.20. The number of carbonyl (C=O) groups is 1. The molecule has 3 nitrogen and oxygen atoms in total. The van der Waals surface area contributed by atoms with E-state index in [2.05, 4.69) is 38.1 Å². The standard InChI is InChI=1S/C28H25O3/c1-3-4-10-21-15-23(16-25(19(21)2)20-11-6-5-7-12-20)24-14-9-8-13-22(24)17-27-26(29)18-28(30)31-27/h5-9,11-18,29H,2-4,10H2,1H3/b27-17-. The maximum Gasteiger partial charge on any atom is 0.340 e. The van der Waals surface area contributed by atoms with E-state index < -0.39 is 5.97 Å². The molecule has 0 saturated heterocycles. The Morgan fingerprint density at radius 2 is 1.71 bits per heavy atom. The average molecular weight is 410 g/mol. The molecule has 3 aromatic carbocycles. The van der Waals surface area contributed by atoms with Crippen LogP contribution < -0.4 is 0 Å². The number of unbranched alkanes of at least 4 members (excludes halogenated alkanes) is 1. The lowest BCUT2D eigenvalue weighted by Crippen LogP contribution is -1.96. The van der Waals surface area contributed by atoms with Crippen molar-refractivity contribution < 1.29 is 14.6 Å². The zero-order chi connectivity index (χ0) is 21.8. The molecule has 0 unspecified atom stereocenters. The second-order valence-electron chi connectivity index (χ2n) is 7.68. The van der Waals surface area contributed by atoms with Crippen LogP contribution in [0, 0.1) is 6.92 Å². The molecule has 31 heavy (non-hydrogen) atoms. The summed E-state index contributed by atoms with van der Waals surface area (Å²) in [6.07, 6.45) is 5.97. The minimum atomic E-state index is -0.559. The highest BCUT2D eigenvalue weighted by atomic mass is 16.6. The number of rotatable bonds is 6. The third-order valence-corrected chi connectivity index (χ3v) is 5.50. The van der Waals surface area contributed by atoms with Crippen molar-refractivity contribution in [1.29, 1.82) is 0 Å². The number of esters is 1. The van der Waals surface area contributed by atoms with E-state index in [0.29, 0.717) is 0 Å². The van der Waals surface area contributed by atoms with Gasteiger partial charge in [0.05, 0.1) is 6.08 Å². The van der Waals surface area contributed by atoms with Gasteiger partial charge in [0.2, 0.25) is 0 Å². The number of aliphatic hydroxyl groups excluding tert-OH is 1. The molecule has 0 amide bonds. The average Bonchev–Trinajstić information content (AvgIpc) is 3.10. The van der Waals surface area contributed by atoms with Gasteiger partial charge >= 0.3 is 5.97 Å². The Morgan fingerprint density at radius 1 is 0.968 bits per heavy atom. The topological polar surface area (TPSA) is 46.5 Å². The first-order valence-corrected chi connectivity index (χ1v) is 10.5. The molecule has 0 aromatic heterocycles. The van der Waals surface area contributed by atoms with E-state index in [1.807, 2.05) is 42.5 Å². The SMILES string of the molecule is [CH2]c1c(CCCC)cc(-c2ccccc2/C=C2\OC(=O)C=C2O)cc1-c1ccccc1. The summed E-state index contributed by atoms with van der Waals surface area (Å²) in [6, 6.07) is 22.6. The zero-order valence-corrected chi connectivity index (χ0v) is 17.6. The molecule has 155 valence electrons. The van der Waals surface area contributed by atoms with Crippen LogP contribution in [-0.2, 0) is 16.0 Å². The van der Waals surface area contributed by atoms with Gasteiger partial charge in [0.25, 0.3) is 0 Å². The molecule has 0 saturated carbocycles. The number of ether oxygens (including phenoxy) is 1. The quantitative estimate of drug-likeness (QED) is 0.451. The summed E-state index contributed by atoms with van der Waals surface area (Å²) in [6.45, 7) is 6.59. The van der Waals surface area contributed by atoms with Gasteiger partial charge in [-0.05, 0) is 70.9 Å². The van der Waals surface area contributed by atoms with Crippen LogP contribution in [0.15, 0.2) is 84.3 Å². The maximum absolute atomic E-state index is 11.5. The van der Waals surface area contributed by atoms with Crippen molar-refractivity contribution in [3.63, 3.8) is 0 Å². The fraction of sp³-hybridized carbons (Fsp3) is 0.143. The van der Waals surface area contributed by atoms with Gasteiger partial charge < -0.3 is 9.84 Å². The van der Waals surface area contributed by atoms with E-state index in [9.17, 15) is 9.90 Å². The van der Waals surface area contributed by atoms with Gasteiger partial charge in [0.15, 0.2) is 11.5 Å². The molecule has 1 aliphatic rings. The first-order chi connectivity index (χ1) is 15.1. The van der Waals surface area contributed by atoms with Gasteiger partial charge in [-0.2, -0.15) is 0 Å². The van der Waals surface area contributed by atoms with Crippen molar-refractivity contribution in [2.75, 3.05) is 0 Å². The van der Waals surface area contributed by atoms with E-state index in [1.54, 1.807) is 6.08 Å². The van der Waals surface area contributed by atoms with E-state index in [0.717, 1.165) is 58.7 Å². The molecule has 0 bridgehead atoms. The monoisotopic (exact) mass is 409 g/mol. The molecule has 4 rings (SSSR count). The number of carbonyl (C=O) groups excluding carboxylic acids is 1. The van der Waals surface area contributed by atoms with Crippen molar-refractivity contribution >= 4 is 12.0 Å². The number of aliphatic hydroxyl groups is 1. The molecule has 3 heteroatoms. The Morgan fingerprint density at radius 3 is 2.42 bits per heavy atom. The highest BCUT2D eigenvalue weighted by molar-refractivity contribution is 5.90. The van der Waals surface area contributed by atoms with E-state index in [1.165, 1.54) is 5.56 Å². The number of hydrogen-bond acceptors (Lipinski definition) is 3. The Kier molecular flexibility index (Phi) is 6.03. The predicted octanol–water partition coefficient (Wildman–Crippen LogP) is 6.88. The molecule has 1 radical (unpaired) electrons. The Labute approximate surface area is 183 Å². The maximum atomic E-state index is 11.5. The van der Waals surface area contributed by atoms with Gasteiger partial charge in [-0.3, -0.25) is 0 Å². The van der Waals surface area contributed by atoms with E-state index in [4.69, 9.17) is 4.74 Å². The van der Waals surface area contributed by atoms with Crippen molar-refractivity contribution in [3.05, 3.63) is 108 Å². The van der Waals surface area contributed by atoms with E-state index >= 15 is 0 Å². The van der Waals surface area contributed by atoms with Crippen LogP contribution in [0.5, 0.6) is 0 Å². The summed E-state index contributed by atoms with van der Waals surface area (Å²) >= 11 is 0. The fourth-order valence-electron chi connectivity index (χ4n) is 3.86. The third-order valence-electron chi connectivity index (χ3n) is 5.50. The van der Waals surface area contributed by atoms with Crippen LogP contribution in [0.2, 0.25) is 0 Å². The summed E-state index contributed by atoms with van der Waals surface area (Å²) in [4.78, 5) is 11.5. The predicted molar refractivity (Wildman–Crippen MR) is 125 cm³/mol. The smallest absolute Gasteiger partial charge is 0.340 e. The Balaban J connectivity index is 1.86. The second-order valence-corrected chi connectivity index (χ2v) is 7.68. The molecule has 0 spiro atoms. The lowest BCUT2D eigenvalue weighted by molar-refractivity contribution is -0.132. The zero-order valence-electron chi connectivity index (χ0n) is 17.6. The van der Waals surface area contributed by atoms with Crippen LogP contribution in [0.4, 0.5) is 0 Å². The molecule has 1 heterocycles. The van der Waals surface area contributed by atoms with Crippen LogP contribution in [0.1, 0.15) is 36.5 Å². The van der Waals surface area contributed by atoms with Crippen LogP contribution in [0.25, 0.3) is 28.3 Å². The summed E-state index contributed by atoms with van der Waals surface area (Å²) in [5.74, 6) is -0.543. The molecule has 1 N–H and O–H groups in total. The number of aryl methyl sites for hydroxylation is 1. The molecule has 3 aromatic rings. The molecule has 0 fully saturated rings. The number of benzene rings is 3. The van der Waals surface area contributed by atoms with Gasteiger partial charge in [-0.1, -0.05) is 74.0 Å². The van der Waals surface area contributed by atoms with Crippen LogP contribution in [0.3, 0.4) is 0 Å². The minimum absolute atomic E-state index is 0.151. The van der Waals surface area contributed by atoms with Crippen LogP contribution >= 0.6 is 0 Å². The Hall–Kier alpha value is -3.59. The van der Waals surface area contributed by atoms with Gasteiger partial charge in [-0.25, -0.2) is 4.79 Å². The minimum Gasteiger partial charge on any atom is -0.504 e. The lowest BCUT2D eigenvalue weighted by Gasteiger charge is -2.16. The number of cyclic esters (lactones) is 1. The molecule has 0 atom stereocenters. The number of hydrogen-bond donors (Lipinski definition) is 1. The van der Waals surface area contributed by atoms with E-state index in [-0.39, 0.29) is 11.5 Å². The lowest BCUT2D eigenvalue weighted by atomic mass is 9.88. The third kappa shape index (κ3) is 4.46. The summed E-state index contributed by atoms with van der Waals surface area (Å²) in [7, 11) is 0. The van der Waals surface area contributed by atoms with Crippen molar-refractivity contribution in [2.45, 2.75) is 26.2 Å². The van der Waals surface area contributed by atoms with Gasteiger partial charge in [0, 0.05) is 0 Å². The first kappa shape index (κ1) is 20.7. The second kappa shape index (κ2) is 9.05. The largest absolute Gasteiger partial charge is 0.504 e. The summed E-state index contributed by atoms with van der Waals surface area (Å²) in [5.41, 5.74) is 7.47. The normalized spacial score (nSPS) is 14.6. The van der Waals surface area contributed by atoms with Crippen molar-refractivity contribution in [1.82, 2.24) is 0 Å². The first-order valence-electron chi connectivity index (χ1n) is 10.5. The van der Waals surface area contributed by atoms with Gasteiger partial charge in [-0.15, -0.1) is 0 Å². The summed E-state index contributed by atoms with van der Waals surface area (Å²) in [5, 5.41) is 9.99. The van der Waals surface area contributed by atoms with Gasteiger partial charge in [0.1, 0.15) is 0 Å². The van der Waals surface area contributed by atoms with Crippen LogP contribution in [-0.4, -0.2) is 11.1 Å². The fourth-order valence-corrected chi connectivity index (χ4v) is 3.86. The molecule has 0 aliphatic carbocycles. The molecular weight excluding hydrogens is 384 g/mol. The highest BCUT2D eigenvalue weighted by Crippen LogP contribution is 2.35.